The van der Waals surface area contributed by atoms with Crippen LogP contribution >= 0.6 is 0 Å². The molecule has 1 N–H and O–H groups in total. The Balaban J connectivity index is 2.30. The van der Waals surface area contributed by atoms with Crippen LogP contribution < -0.4 is 5.32 Å². The molecule has 88 valence electrons. The summed E-state index contributed by atoms with van der Waals surface area (Å²) in [5, 5.41) is 2.60. The third-order valence-corrected chi connectivity index (χ3v) is 4.89. The van der Waals surface area contributed by atoms with E-state index >= 15 is 0 Å². The first kappa shape index (κ1) is 12.4. The van der Waals surface area contributed by atoms with Gasteiger partial charge in [-0.05, 0) is 12.8 Å². The molecule has 0 aromatic heterocycles. The Bertz CT molecular complexity index is 324. The van der Waals surface area contributed by atoms with Crippen LogP contribution in [0.15, 0.2) is 0 Å². The highest BCUT2D eigenvalue weighted by Crippen LogP contribution is 2.18. The molecule has 1 rings (SSSR count). The Morgan fingerprint density at radius 1 is 1.47 bits per heavy atom. The average Bonchev–Trinajstić information content (AvgIpc) is 2.45. The number of hydrogen-bond acceptors (Lipinski definition) is 4. The molecule has 1 aliphatic heterocycles. The zero-order chi connectivity index (χ0) is 11.5. The minimum absolute atomic E-state index is 0.0367. The van der Waals surface area contributed by atoms with Crippen LogP contribution in [0.25, 0.3) is 0 Å². The molecule has 1 saturated heterocycles. The molecular formula is C9H18N2O3S. The summed E-state index contributed by atoms with van der Waals surface area (Å²) in [5.41, 5.74) is 0. The maximum atomic E-state index is 11.4. The molecule has 1 heterocycles. The topological polar surface area (TPSA) is 66.5 Å². The lowest BCUT2D eigenvalue weighted by Gasteiger charge is -2.13. The first-order valence-electron chi connectivity index (χ1n) is 5.06. The van der Waals surface area contributed by atoms with Gasteiger partial charge in [-0.25, -0.2) is 8.42 Å². The quantitative estimate of drug-likeness (QED) is 0.694. The Kier molecular flexibility index (Phi) is 4.10. The second-order valence-corrected chi connectivity index (χ2v) is 6.45. The van der Waals surface area contributed by atoms with Crippen molar-refractivity contribution in [1.29, 1.82) is 0 Å². The second-order valence-electron chi connectivity index (χ2n) is 4.05. The standard InChI is InChI=1S/C9H18N2O3S/c1-11(2)9(12)7-10-6-8-4-3-5-15(8,13)14/h8,10H,3-7H2,1-2H3. The minimum Gasteiger partial charge on any atom is -0.348 e. The van der Waals surface area contributed by atoms with Crippen LogP contribution in [0.2, 0.25) is 0 Å². The highest BCUT2D eigenvalue weighted by molar-refractivity contribution is 7.92. The van der Waals surface area contributed by atoms with Crippen molar-refractivity contribution in [2.75, 3.05) is 32.9 Å². The lowest BCUT2D eigenvalue weighted by atomic mass is 10.2. The Morgan fingerprint density at radius 3 is 2.60 bits per heavy atom. The van der Waals surface area contributed by atoms with Crippen LogP contribution in [-0.4, -0.2) is 57.4 Å². The molecule has 0 bridgehead atoms. The molecule has 0 aliphatic carbocycles. The molecule has 0 radical (unpaired) electrons. The number of rotatable bonds is 4. The highest BCUT2D eigenvalue weighted by atomic mass is 32.2. The molecule has 6 heteroatoms. The van der Waals surface area contributed by atoms with Crippen molar-refractivity contribution in [3.05, 3.63) is 0 Å². The van der Waals surface area contributed by atoms with Crippen molar-refractivity contribution in [2.24, 2.45) is 0 Å². The van der Waals surface area contributed by atoms with E-state index in [-0.39, 0.29) is 17.7 Å². The Labute approximate surface area is 90.7 Å². The van der Waals surface area contributed by atoms with Gasteiger partial charge in [0.05, 0.1) is 17.5 Å². The molecule has 0 aromatic carbocycles. The number of nitrogens with zero attached hydrogens (tertiary/aromatic N) is 1. The summed E-state index contributed by atoms with van der Waals surface area (Å²) >= 11 is 0. The molecular weight excluding hydrogens is 216 g/mol. The van der Waals surface area contributed by atoms with Crippen molar-refractivity contribution in [1.82, 2.24) is 10.2 Å². The van der Waals surface area contributed by atoms with E-state index in [2.05, 4.69) is 5.32 Å². The summed E-state index contributed by atoms with van der Waals surface area (Å²) in [6, 6.07) is 0. The molecule has 0 saturated carbocycles. The molecule has 1 atom stereocenters. The van der Waals surface area contributed by atoms with E-state index in [0.717, 1.165) is 6.42 Å². The average molecular weight is 234 g/mol. The van der Waals surface area contributed by atoms with Crippen molar-refractivity contribution in [3.8, 4) is 0 Å². The third kappa shape index (κ3) is 3.46. The Morgan fingerprint density at radius 2 is 2.13 bits per heavy atom. The molecule has 1 aliphatic rings. The summed E-state index contributed by atoms with van der Waals surface area (Å²) < 4.78 is 22.9. The number of hydrogen-bond donors (Lipinski definition) is 1. The molecule has 5 nitrogen and oxygen atoms in total. The van der Waals surface area contributed by atoms with Crippen LogP contribution in [0.5, 0.6) is 0 Å². The zero-order valence-corrected chi connectivity index (χ0v) is 10.0. The summed E-state index contributed by atoms with van der Waals surface area (Å²) in [6.07, 6.45) is 1.46. The number of carbonyl (C=O) groups is 1. The van der Waals surface area contributed by atoms with Crippen LogP contribution in [-0.2, 0) is 14.6 Å². The van der Waals surface area contributed by atoms with E-state index in [4.69, 9.17) is 0 Å². The number of likely N-dealkylation sites (N-methyl/N-ethyl adjacent to an activating group) is 1. The fraction of sp³-hybridized carbons (Fsp3) is 0.889. The molecule has 1 fully saturated rings. The van der Waals surface area contributed by atoms with Crippen LogP contribution in [0.1, 0.15) is 12.8 Å². The maximum absolute atomic E-state index is 11.4. The number of amides is 1. The predicted molar refractivity (Wildman–Crippen MR) is 58.4 cm³/mol. The van der Waals surface area contributed by atoms with Gasteiger partial charge in [-0.15, -0.1) is 0 Å². The lowest BCUT2D eigenvalue weighted by Crippen LogP contribution is -2.37. The Hall–Kier alpha value is -0.620. The second kappa shape index (κ2) is 4.94. The predicted octanol–water partition coefficient (Wildman–Crippen LogP) is -0.759. The number of sulfone groups is 1. The third-order valence-electron chi connectivity index (χ3n) is 2.61. The summed E-state index contributed by atoms with van der Waals surface area (Å²) in [7, 11) is 0.461. The fourth-order valence-electron chi connectivity index (χ4n) is 1.59. The van der Waals surface area contributed by atoms with E-state index < -0.39 is 9.84 Å². The van der Waals surface area contributed by atoms with Gasteiger partial charge in [0.1, 0.15) is 0 Å². The van der Waals surface area contributed by atoms with Gasteiger partial charge in [0.25, 0.3) is 0 Å². The van der Waals surface area contributed by atoms with Gasteiger partial charge in [-0.3, -0.25) is 4.79 Å². The van der Waals surface area contributed by atoms with Gasteiger partial charge in [0.2, 0.25) is 5.91 Å². The molecule has 0 spiro atoms. The fourth-order valence-corrected chi connectivity index (χ4v) is 3.39. The van der Waals surface area contributed by atoms with E-state index in [9.17, 15) is 13.2 Å². The highest BCUT2D eigenvalue weighted by Gasteiger charge is 2.30. The van der Waals surface area contributed by atoms with Gasteiger partial charge in [0.15, 0.2) is 9.84 Å². The van der Waals surface area contributed by atoms with Crippen molar-refractivity contribution < 1.29 is 13.2 Å². The first-order valence-corrected chi connectivity index (χ1v) is 6.77. The number of nitrogens with one attached hydrogen (secondary N) is 1. The monoisotopic (exact) mass is 234 g/mol. The summed E-state index contributed by atoms with van der Waals surface area (Å²) in [4.78, 5) is 12.7. The van der Waals surface area contributed by atoms with Gasteiger partial charge in [-0.1, -0.05) is 0 Å². The number of carbonyl (C=O) groups excluding carboxylic acids is 1. The minimum atomic E-state index is -2.89. The van der Waals surface area contributed by atoms with Crippen LogP contribution in [0.3, 0.4) is 0 Å². The van der Waals surface area contributed by atoms with Crippen molar-refractivity contribution in [2.45, 2.75) is 18.1 Å². The summed E-state index contributed by atoms with van der Waals surface area (Å²) in [5.74, 6) is 0.256. The molecule has 15 heavy (non-hydrogen) atoms. The summed E-state index contributed by atoms with van der Waals surface area (Å²) in [6.45, 7) is 0.598. The smallest absolute Gasteiger partial charge is 0.236 e. The largest absolute Gasteiger partial charge is 0.348 e. The van der Waals surface area contributed by atoms with Crippen LogP contribution in [0, 0.1) is 0 Å². The SMILES string of the molecule is CN(C)C(=O)CNCC1CCCS1(=O)=O. The molecule has 1 unspecified atom stereocenters. The lowest BCUT2D eigenvalue weighted by molar-refractivity contribution is -0.127. The van der Waals surface area contributed by atoms with Gasteiger partial charge < -0.3 is 10.2 Å². The molecule has 0 aromatic rings. The first-order chi connectivity index (χ1) is 6.93. The van der Waals surface area contributed by atoms with E-state index in [1.54, 1.807) is 14.1 Å². The van der Waals surface area contributed by atoms with E-state index in [1.165, 1.54) is 4.90 Å². The van der Waals surface area contributed by atoms with E-state index in [0.29, 0.717) is 18.7 Å². The maximum Gasteiger partial charge on any atom is 0.236 e. The normalized spacial score (nSPS) is 24.0. The van der Waals surface area contributed by atoms with Gasteiger partial charge in [0, 0.05) is 20.6 Å². The van der Waals surface area contributed by atoms with Crippen molar-refractivity contribution >= 4 is 15.7 Å². The van der Waals surface area contributed by atoms with Crippen LogP contribution in [0.4, 0.5) is 0 Å². The van der Waals surface area contributed by atoms with Gasteiger partial charge >= 0.3 is 0 Å². The zero-order valence-electron chi connectivity index (χ0n) is 9.19. The van der Waals surface area contributed by atoms with Gasteiger partial charge in [-0.2, -0.15) is 0 Å². The molecule has 1 amide bonds. The van der Waals surface area contributed by atoms with E-state index in [1.807, 2.05) is 0 Å². The van der Waals surface area contributed by atoms with Crippen molar-refractivity contribution in [3.63, 3.8) is 0 Å².